The van der Waals surface area contributed by atoms with Crippen LogP contribution < -0.4 is 5.32 Å². The molecule has 0 aliphatic rings. The van der Waals surface area contributed by atoms with Crippen molar-refractivity contribution in [2.45, 2.75) is 18.9 Å². The van der Waals surface area contributed by atoms with Crippen LogP contribution in [0.3, 0.4) is 0 Å². The Balaban J connectivity index is 2.33. The highest BCUT2D eigenvalue weighted by molar-refractivity contribution is 8.14. The number of benzene rings is 1. The fraction of sp³-hybridized carbons (Fsp3) is 0.400. The van der Waals surface area contributed by atoms with E-state index in [1.807, 2.05) is 12.3 Å². The average Bonchev–Trinajstić information content (AvgIpc) is 2.51. The van der Waals surface area contributed by atoms with Gasteiger partial charge in [-0.3, -0.25) is 9.59 Å². The summed E-state index contributed by atoms with van der Waals surface area (Å²) >= 11 is 2.59. The number of hydrogen-bond donors (Lipinski definition) is 2. The Hall–Kier alpha value is -1.47. The maximum Gasteiger partial charge on any atom is 0.326 e. The van der Waals surface area contributed by atoms with E-state index in [0.29, 0.717) is 23.5 Å². The van der Waals surface area contributed by atoms with Gasteiger partial charge in [-0.25, -0.2) is 4.79 Å². The van der Waals surface area contributed by atoms with E-state index in [-0.39, 0.29) is 17.4 Å². The standard InChI is InChI=1S/C15H19NO4S2/c1-21-9-7-12(14(18)19)16-13(17)8-10-22-15(20)11-5-3-2-4-6-11/h2-6,12H,7-10H2,1H3,(H,16,17)(H,18,19). The molecule has 0 aromatic heterocycles. The molecule has 0 bridgehead atoms. The van der Waals surface area contributed by atoms with E-state index in [4.69, 9.17) is 5.11 Å². The highest BCUT2D eigenvalue weighted by atomic mass is 32.2. The van der Waals surface area contributed by atoms with Gasteiger partial charge in [0.05, 0.1) is 0 Å². The molecule has 0 heterocycles. The van der Waals surface area contributed by atoms with Gasteiger partial charge in [0.25, 0.3) is 0 Å². The molecule has 1 aromatic rings. The molecule has 5 nitrogen and oxygen atoms in total. The van der Waals surface area contributed by atoms with Crippen LogP contribution in [0.25, 0.3) is 0 Å². The van der Waals surface area contributed by atoms with Crippen molar-refractivity contribution in [1.29, 1.82) is 0 Å². The Morgan fingerprint density at radius 1 is 1.18 bits per heavy atom. The van der Waals surface area contributed by atoms with E-state index in [2.05, 4.69) is 5.32 Å². The van der Waals surface area contributed by atoms with Gasteiger partial charge in [-0.1, -0.05) is 42.1 Å². The molecule has 2 N–H and O–H groups in total. The first-order chi connectivity index (χ1) is 10.5. The largest absolute Gasteiger partial charge is 0.480 e. The summed E-state index contributed by atoms with van der Waals surface area (Å²) < 4.78 is 0. The number of aliphatic carboxylic acids is 1. The second-order valence-electron chi connectivity index (χ2n) is 4.49. The normalized spacial score (nSPS) is 11.7. The van der Waals surface area contributed by atoms with Crippen molar-refractivity contribution in [3.8, 4) is 0 Å². The lowest BCUT2D eigenvalue weighted by Gasteiger charge is -2.13. The van der Waals surface area contributed by atoms with E-state index in [9.17, 15) is 14.4 Å². The number of carbonyl (C=O) groups is 3. The van der Waals surface area contributed by atoms with Gasteiger partial charge in [-0.15, -0.1) is 0 Å². The molecule has 1 amide bonds. The monoisotopic (exact) mass is 341 g/mol. The van der Waals surface area contributed by atoms with E-state index < -0.39 is 12.0 Å². The van der Waals surface area contributed by atoms with Crippen molar-refractivity contribution in [2.24, 2.45) is 0 Å². The number of hydrogen-bond acceptors (Lipinski definition) is 5. The molecule has 0 fully saturated rings. The molecule has 0 spiro atoms. The van der Waals surface area contributed by atoms with Crippen molar-refractivity contribution < 1.29 is 19.5 Å². The Morgan fingerprint density at radius 3 is 2.45 bits per heavy atom. The third-order valence-corrected chi connectivity index (χ3v) is 4.37. The number of thioether (sulfide) groups is 2. The summed E-state index contributed by atoms with van der Waals surface area (Å²) in [5.41, 5.74) is 0.594. The van der Waals surface area contributed by atoms with Gasteiger partial charge in [0, 0.05) is 17.7 Å². The lowest BCUT2D eigenvalue weighted by molar-refractivity contribution is -0.141. The molecule has 120 valence electrons. The molecule has 0 saturated heterocycles. The molecule has 0 saturated carbocycles. The average molecular weight is 341 g/mol. The second-order valence-corrected chi connectivity index (χ2v) is 6.55. The molecule has 1 rings (SSSR count). The number of rotatable bonds is 9. The Kier molecular flexibility index (Phi) is 8.69. The smallest absolute Gasteiger partial charge is 0.326 e. The Bertz CT molecular complexity index is 508. The van der Waals surface area contributed by atoms with Crippen molar-refractivity contribution in [3.63, 3.8) is 0 Å². The predicted octanol–water partition coefficient (Wildman–Crippen LogP) is 2.27. The minimum atomic E-state index is -1.03. The maximum atomic E-state index is 11.8. The summed E-state index contributed by atoms with van der Waals surface area (Å²) in [6.07, 6.45) is 2.39. The van der Waals surface area contributed by atoms with Crippen LogP contribution in [0.5, 0.6) is 0 Å². The third-order valence-electron chi connectivity index (χ3n) is 2.82. The van der Waals surface area contributed by atoms with E-state index in [1.54, 1.807) is 24.3 Å². The number of nitrogens with one attached hydrogen (secondary N) is 1. The fourth-order valence-corrected chi connectivity index (χ4v) is 2.90. The summed E-state index contributed by atoms with van der Waals surface area (Å²) in [5.74, 6) is -0.385. The minimum absolute atomic E-state index is 0.0921. The lowest BCUT2D eigenvalue weighted by Crippen LogP contribution is -2.41. The molecule has 0 radical (unpaired) electrons. The molecule has 0 aliphatic heterocycles. The highest BCUT2D eigenvalue weighted by Gasteiger charge is 2.19. The highest BCUT2D eigenvalue weighted by Crippen LogP contribution is 2.13. The summed E-state index contributed by atoms with van der Waals surface area (Å²) in [7, 11) is 0. The quantitative estimate of drug-likeness (QED) is 0.717. The van der Waals surface area contributed by atoms with Crippen LogP contribution in [0.1, 0.15) is 23.2 Å². The lowest BCUT2D eigenvalue weighted by atomic mass is 10.2. The first-order valence-electron chi connectivity index (χ1n) is 6.78. The van der Waals surface area contributed by atoms with Crippen molar-refractivity contribution in [1.82, 2.24) is 5.32 Å². The van der Waals surface area contributed by atoms with Gasteiger partial charge in [-0.2, -0.15) is 11.8 Å². The Labute approximate surface area is 138 Å². The molecule has 1 atom stereocenters. The van der Waals surface area contributed by atoms with Crippen molar-refractivity contribution in [2.75, 3.05) is 17.8 Å². The van der Waals surface area contributed by atoms with Crippen LogP contribution in [0.4, 0.5) is 0 Å². The summed E-state index contributed by atoms with van der Waals surface area (Å²) in [4.78, 5) is 34.6. The summed E-state index contributed by atoms with van der Waals surface area (Å²) in [5, 5.41) is 11.4. The van der Waals surface area contributed by atoms with E-state index in [0.717, 1.165) is 11.8 Å². The van der Waals surface area contributed by atoms with Crippen LogP contribution in [-0.4, -0.2) is 45.9 Å². The van der Waals surface area contributed by atoms with Crippen LogP contribution >= 0.6 is 23.5 Å². The second kappa shape index (κ2) is 10.3. The molecular weight excluding hydrogens is 322 g/mol. The summed E-state index contributed by atoms with van der Waals surface area (Å²) in [6, 6.07) is 7.97. The van der Waals surface area contributed by atoms with Gasteiger partial charge in [0.2, 0.25) is 11.0 Å². The zero-order chi connectivity index (χ0) is 16.4. The molecule has 1 aromatic carbocycles. The minimum Gasteiger partial charge on any atom is -0.480 e. The topological polar surface area (TPSA) is 83.5 Å². The molecule has 1 unspecified atom stereocenters. The SMILES string of the molecule is CSCCC(NC(=O)CCSC(=O)c1ccccc1)C(=O)O. The first kappa shape index (κ1) is 18.6. The van der Waals surface area contributed by atoms with Gasteiger partial charge in [0.1, 0.15) is 6.04 Å². The third kappa shape index (κ3) is 7.00. The Morgan fingerprint density at radius 2 is 1.86 bits per heavy atom. The van der Waals surface area contributed by atoms with Gasteiger partial charge in [-0.05, 0) is 18.4 Å². The van der Waals surface area contributed by atoms with Crippen molar-refractivity contribution in [3.05, 3.63) is 35.9 Å². The van der Waals surface area contributed by atoms with Gasteiger partial charge < -0.3 is 10.4 Å². The predicted molar refractivity (Wildman–Crippen MR) is 90.4 cm³/mol. The zero-order valence-corrected chi connectivity index (χ0v) is 13.9. The van der Waals surface area contributed by atoms with Gasteiger partial charge in [0.15, 0.2) is 0 Å². The fourth-order valence-electron chi connectivity index (χ4n) is 1.65. The van der Waals surface area contributed by atoms with Crippen LogP contribution in [0.2, 0.25) is 0 Å². The number of carboxylic acids is 1. The van der Waals surface area contributed by atoms with E-state index in [1.165, 1.54) is 11.8 Å². The maximum absolute atomic E-state index is 11.8. The van der Waals surface area contributed by atoms with Crippen LogP contribution in [0.15, 0.2) is 30.3 Å². The number of carbonyl (C=O) groups excluding carboxylic acids is 2. The van der Waals surface area contributed by atoms with Crippen LogP contribution in [-0.2, 0) is 9.59 Å². The molecule has 7 heteroatoms. The zero-order valence-electron chi connectivity index (χ0n) is 12.3. The molecular formula is C15H19NO4S2. The van der Waals surface area contributed by atoms with Crippen LogP contribution in [0, 0.1) is 0 Å². The first-order valence-corrected chi connectivity index (χ1v) is 9.15. The van der Waals surface area contributed by atoms with Crippen molar-refractivity contribution >= 4 is 40.5 Å². The summed E-state index contributed by atoms with van der Waals surface area (Å²) in [6.45, 7) is 0. The number of amides is 1. The number of carboxylic acid groups (broad SMARTS) is 1. The molecule has 0 aliphatic carbocycles. The van der Waals surface area contributed by atoms with E-state index >= 15 is 0 Å². The van der Waals surface area contributed by atoms with Gasteiger partial charge >= 0.3 is 5.97 Å². The molecule has 22 heavy (non-hydrogen) atoms.